The summed E-state index contributed by atoms with van der Waals surface area (Å²) < 4.78 is 0. The molecule has 3 nitrogen and oxygen atoms in total. The maximum Gasteiger partial charge on any atom is 0.222 e. The van der Waals surface area contributed by atoms with Crippen LogP contribution >= 0.6 is 0 Å². The fraction of sp³-hybridized carbons (Fsp3) is 0.933. The van der Waals surface area contributed by atoms with Crippen molar-refractivity contribution >= 4 is 5.91 Å². The number of nitrogens with zero attached hydrogens (tertiary/aromatic N) is 1. The van der Waals surface area contributed by atoms with Gasteiger partial charge in [-0.25, -0.2) is 0 Å². The van der Waals surface area contributed by atoms with Crippen molar-refractivity contribution < 1.29 is 4.79 Å². The van der Waals surface area contributed by atoms with E-state index in [1.165, 1.54) is 25.7 Å². The second kappa shape index (κ2) is 6.55. The zero-order valence-corrected chi connectivity index (χ0v) is 12.0. The van der Waals surface area contributed by atoms with Gasteiger partial charge in [-0.3, -0.25) is 4.79 Å². The number of amides is 1. The van der Waals surface area contributed by atoms with E-state index in [1.54, 1.807) is 0 Å². The summed E-state index contributed by atoms with van der Waals surface area (Å²) in [5.41, 5.74) is 0. The number of nitrogens with one attached hydrogen (secondary N) is 1. The Morgan fingerprint density at radius 1 is 1.33 bits per heavy atom. The summed E-state index contributed by atoms with van der Waals surface area (Å²) in [5.74, 6) is 1.69. The Hall–Kier alpha value is -0.570. The minimum atomic E-state index is 0.403. The van der Waals surface area contributed by atoms with Crippen LogP contribution in [0.4, 0.5) is 0 Å². The quantitative estimate of drug-likeness (QED) is 0.815. The molecule has 2 aliphatic rings. The van der Waals surface area contributed by atoms with Crippen LogP contribution in [0.1, 0.15) is 52.4 Å². The first-order valence-electron chi connectivity index (χ1n) is 7.72. The maximum absolute atomic E-state index is 12.2. The highest BCUT2D eigenvalue weighted by molar-refractivity contribution is 5.76. The van der Waals surface area contributed by atoms with Crippen LogP contribution in [-0.4, -0.2) is 36.5 Å². The van der Waals surface area contributed by atoms with Crippen LogP contribution in [0.3, 0.4) is 0 Å². The van der Waals surface area contributed by atoms with Crippen molar-refractivity contribution in [3.05, 3.63) is 0 Å². The number of rotatable bonds is 5. The number of hydrogen-bond acceptors (Lipinski definition) is 2. The van der Waals surface area contributed by atoms with Gasteiger partial charge in [0, 0.05) is 25.6 Å². The number of hydrogen-bond donors (Lipinski definition) is 1. The maximum atomic E-state index is 12.2. The molecule has 0 bridgehead atoms. The molecule has 104 valence electrons. The lowest BCUT2D eigenvalue weighted by molar-refractivity contribution is -0.134. The third-order valence-electron chi connectivity index (χ3n) is 4.60. The molecular formula is C15H28N2O. The average Bonchev–Trinajstić information content (AvgIpc) is 2.32. The lowest BCUT2D eigenvalue weighted by Crippen LogP contribution is -2.50. The molecule has 0 aromatic rings. The summed E-state index contributed by atoms with van der Waals surface area (Å²) >= 11 is 0. The Balaban J connectivity index is 1.74. The molecule has 2 rings (SSSR count). The SMILES string of the molecule is CCCNC1CCN(C(=O)CC2CCC2)CC1C. The van der Waals surface area contributed by atoms with Gasteiger partial charge >= 0.3 is 0 Å². The molecular weight excluding hydrogens is 224 g/mol. The first-order chi connectivity index (χ1) is 8.70. The molecule has 1 saturated heterocycles. The Kier molecular flexibility index (Phi) is 5.04. The Morgan fingerprint density at radius 2 is 2.11 bits per heavy atom. The van der Waals surface area contributed by atoms with Crippen LogP contribution in [0.2, 0.25) is 0 Å². The van der Waals surface area contributed by atoms with E-state index in [1.807, 2.05) is 0 Å². The highest BCUT2D eigenvalue weighted by atomic mass is 16.2. The highest BCUT2D eigenvalue weighted by Gasteiger charge is 2.30. The summed E-state index contributed by atoms with van der Waals surface area (Å²) in [6, 6.07) is 0.609. The van der Waals surface area contributed by atoms with Gasteiger partial charge in [-0.05, 0) is 44.1 Å². The van der Waals surface area contributed by atoms with E-state index >= 15 is 0 Å². The van der Waals surface area contributed by atoms with Crippen molar-refractivity contribution in [2.75, 3.05) is 19.6 Å². The minimum Gasteiger partial charge on any atom is -0.342 e. The van der Waals surface area contributed by atoms with Crippen molar-refractivity contribution in [1.82, 2.24) is 10.2 Å². The molecule has 1 heterocycles. The van der Waals surface area contributed by atoms with Crippen LogP contribution in [-0.2, 0) is 4.79 Å². The summed E-state index contributed by atoms with van der Waals surface area (Å²) in [6.07, 6.45) is 6.99. The molecule has 2 unspecified atom stereocenters. The molecule has 0 spiro atoms. The third kappa shape index (κ3) is 3.47. The molecule has 0 aromatic carbocycles. The standard InChI is InChI=1S/C15H28N2O/c1-3-8-16-14-7-9-17(11-12(14)2)15(18)10-13-5-4-6-13/h12-14,16H,3-11H2,1-2H3. The van der Waals surface area contributed by atoms with Gasteiger partial charge in [-0.1, -0.05) is 20.3 Å². The number of carbonyl (C=O) groups is 1. The molecule has 2 fully saturated rings. The van der Waals surface area contributed by atoms with E-state index in [4.69, 9.17) is 0 Å². The van der Waals surface area contributed by atoms with Crippen molar-refractivity contribution in [3.8, 4) is 0 Å². The van der Waals surface area contributed by atoms with Crippen LogP contribution in [0.15, 0.2) is 0 Å². The van der Waals surface area contributed by atoms with Gasteiger partial charge in [0.15, 0.2) is 0 Å². The van der Waals surface area contributed by atoms with Crippen molar-refractivity contribution in [3.63, 3.8) is 0 Å². The molecule has 0 aromatic heterocycles. The summed E-state index contributed by atoms with van der Waals surface area (Å²) in [5, 5.41) is 3.61. The van der Waals surface area contributed by atoms with E-state index in [0.717, 1.165) is 32.5 Å². The first kappa shape index (κ1) is 13.9. The zero-order valence-electron chi connectivity index (χ0n) is 12.0. The molecule has 3 heteroatoms. The van der Waals surface area contributed by atoms with Gasteiger partial charge in [-0.15, -0.1) is 0 Å². The topological polar surface area (TPSA) is 32.3 Å². The Morgan fingerprint density at radius 3 is 2.67 bits per heavy atom. The van der Waals surface area contributed by atoms with Crippen LogP contribution in [0.5, 0.6) is 0 Å². The molecule has 1 amide bonds. The van der Waals surface area contributed by atoms with Crippen molar-refractivity contribution in [2.45, 2.75) is 58.4 Å². The van der Waals surface area contributed by atoms with Gasteiger partial charge in [0.05, 0.1) is 0 Å². The highest BCUT2D eigenvalue weighted by Crippen LogP contribution is 2.30. The molecule has 1 N–H and O–H groups in total. The van der Waals surface area contributed by atoms with Crippen LogP contribution < -0.4 is 5.32 Å². The number of carbonyl (C=O) groups excluding carboxylic acids is 1. The van der Waals surface area contributed by atoms with E-state index < -0.39 is 0 Å². The zero-order chi connectivity index (χ0) is 13.0. The molecule has 1 saturated carbocycles. The summed E-state index contributed by atoms with van der Waals surface area (Å²) in [7, 11) is 0. The number of piperidine rings is 1. The van der Waals surface area contributed by atoms with Gasteiger partial charge in [0.25, 0.3) is 0 Å². The van der Waals surface area contributed by atoms with E-state index in [0.29, 0.717) is 23.8 Å². The van der Waals surface area contributed by atoms with Gasteiger partial charge in [0.2, 0.25) is 5.91 Å². The average molecular weight is 252 g/mol. The molecule has 0 radical (unpaired) electrons. The smallest absolute Gasteiger partial charge is 0.222 e. The van der Waals surface area contributed by atoms with Gasteiger partial charge < -0.3 is 10.2 Å². The predicted molar refractivity (Wildman–Crippen MR) is 74.4 cm³/mol. The second-order valence-corrected chi connectivity index (χ2v) is 6.17. The predicted octanol–water partition coefficient (Wildman–Crippen LogP) is 2.41. The summed E-state index contributed by atoms with van der Waals surface area (Å²) in [4.78, 5) is 14.3. The first-order valence-corrected chi connectivity index (χ1v) is 7.72. The molecule has 18 heavy (non-hydrogen) atoms. The Bertz CT molecular complexity index is 276. The third-order valence-corrected chi connectivity index (χ3v) is 4.60. The molecule has 1 aliphatic heterocycles. The van der Waals surface area contributed by atoms with E-state index in [2.05, 4.69) is 24.1 Å². The Labute approximate surface area is 111 Å². The van der Waals surface area contributed by atoms with Crippen LogP contribution in [0, 0.1) is 11.8 Å². The fourth-order valence-electron chi connectivity index (χ4n) is 3.08. The van der Waals surface area contributed by atoms with E-state index in [9.17, 15) is 4.79 Å². The second-order valence-electron chi connectivity index (χ2n) is 6.17. The van der Waals surface area contributed by atoms with Crippen LogP contribution in [0.25, 0.3) is 0 Å². The van der Waals surface area contributed by atoms with Crippen molar-refractivity contribution in [2.24, 2.45) is 11.8 Å². The monoisotopic (exact) mass is 252 g/mol. The minimum absolute atomic E-state index is 0.403. The fourth-order valence-corrected chi connectivity index (χ4v) is 3.08. The summed E-state index contributed by atoms with van der Waals surface area (Å²) in [6.45, 7) is 7.49. The van der Waals surface area contributed by atoms with Gasteiger partial charge in [-0.2, -0.15) is 0 Å². The largest absolute Gasteiger partial charge is 0.342 e. The van der Waals surface area contributed by atoms with Crippen molar-refractivity contribution in [1.29, 1.82) is 0 Å². The normalized spacial score (nSPS) is 29.1. The van der Waals surface area contributed by atoms with Gasteiger partial charge in [0.1, 0.15) is 0 Å². The molecule has 1 aliphatic carbocycles. The number of likely N-dealkylation sites (tertiary alicyclic amines) is 1. The molecule has 2 atom stereocenters. The lowest BCUT2D eigenvalue weighted by Gasteiger charge is -2.38. The van der Waals surface area contributed by atoms with E-state index in [-0.39, 0.29) is 0 Å². The lowest BCUT2D eigenvalue weighted by atomic mass is 9.82.